The second-order valence-electron chi connectivity index (χ2n) is 7.61. The second-order valence-corrected chi connectivity index (χ2v) is 9.11. The number of para-hydroxylation sites is 4. The molecule has 2 N–H and O–H groups in total. The van der Waals surface area contributed by atoms with Gasteiger partial charge < -0.3 is 19.7 Å². The van der Waals surface area contributed by atoms with Crippen molar-refractivity contribution in [3.63, 3.8) is 0 Å². The van der Waals surface area contributed by atoms with Gasteiger partial charge in [-0.2, -0.15) is 0 Å². The highest BCUT2D eigenvalue weighted by Crippen LogP contribution is 2.50. The van der Waals surface area contributed by atoms with Crippen LogP contribution < -0.4 is 19.7 Å². The number of nitrogens with one attached hydrogen (secondary N) is 2. The average Bonchev–Trinajstić information content (AvgIpc) is 2.83. The molecule has 0 saturated carbocycles. The van der Waals surface area contributed by atoms with Crippen LogP contribution in [0.3, 0.4) is 0 Å². The van der Waals surface area contributed by atoms with Crippen LogP contribution in [0.2, 0.25) is 0 Å². The molecule has 0 unspecified atom stereocenters. The molecule has 0 aliphatic heterocycles. The van der Waals surface area contributed by atoms with E-state index in [1.54, 1.807) is 48.5 Å². The van der Waals surface area contributed by atoms with Gasteiger partial charge in [0.15, 0.2) is 0 Å². The van der Waals surface area contributed by atoms with E-state index >= 15 is 0 Å². The third kappa shape index (κ3) is 6.27. The highest BCUT2D eigenvalue weighted by molar-refractivity contribution is 7.53. The van der Waals surface area contributed by atoms with Gasteiger partial charge in [0.05, 0.1) is 0 Å². The quantitative estimate of drug-likeness (QED) is 0.166. The molecule has 0 radical (unpaired) electrons. The summed E-state index contributed by atoms with van der Waals surface area (Å²) in [7, 11) is -4.06. The van der Waals surface area contributed by atoms with Crippen molar-refractivity contribution in [2.45, 2.75) is 13.8 Å². The average molecular weight is 471 g/mol. The fourth-order valence-electron chi connectivity index (χ4n) is 3.28. The van der Waals surface area contributed by atoms with E-state index in [1.165, 1.54) is 0 Å². The van der Waals surface area contributed by atoms with Gasteiger partial charge in [0.1, 0.15) is 11.5 Å². The Balaban J connectivity index is 1.76. The van der Waals surface area contributed by atoms with E-state index in [-0.39, 0.29) is 5.96 Å². The van der Waals surface area contributed by atoms with Crippen molar-refractivity contribution < 1.29 is 13.6 Å². The van der Waals surface area contributed by atoms with Gasteiger partial charge in [0, 0.05) is 11.4 Å². The van der Waals surface area contributed by atoms with Crippen molar-refractivity contribution in [2.24, 2.45) is 4.76 Å². The Morgan fingerprint density at radius 2 is 1.12 bits per heavy atom. The normalized spacial score (nSPS) is 11.5. The molecule has 0 heterocycles. The first kappa shape index (κ1) is 23.1. The Bertz CT molecular complexity index is 1230. The molecular formula is C27H26N3O3P. The Kier molecular flexibility index (Phi) is 7.31. The predicted octanol–water partition coefficient (Wildman–Crippen LogP) is 7.45. The van der Waals surface area contributed by atoms with Crippen LogP contribution in [-0.2, 0) is 4.57 Å². The molecule has 4 aromatic rings. The number of guanidine groups is 1. The van der Waals surface area contributed by atoms with Crippen LogP contribution in [-0.4, -0.2) is 5.96 Å². The number of benzene rings is 4. The van der Waals surface area contributed by atoms with Gasteiger partial charge in [-0.05, 0) is 61.4 Å². The lowest BCUT2D eigenvalue weighted by atomic mass is 10.1. The molecule has 7 heteroatoms. The molecule has 34 heavy (non-hydrogen) atoms. The fraction of sp³-hybridized carbons (Fsp3) is 0.0741. The molecule has 0 saturated heterocycles. The van der Waals surface area contributed by atoms with Gasteiger partial charge in [-0.25, -0.2) is 4.57 Å². The third-order valence-corrected chi connectivity index (χ3v) is 6.24. The minimum Gasteiger partial charge on any atom is -0.399 e. The molecule has 0 aromatic heterocycles. The van der Waals surface area contributed by atoms with Crippen LogP contribution in [0.4, 0.5) is 11.4 Å². The van der Waals surface area contributed by atoms with Gasteiger partial charge in [-0.3, -0.25) is 0 Å². The summed E-state index contributed by atoms with van der Waals surface area (Å²) in [6.45, 7) is 3.99. The molecule has 0 amide bonds. The monoisotopic (exact) mass is 471 g/mol. The van der Waals surface area contributed by atoms with Gasteiger partial charge in [-0.15, -0.1) is 4.76 Å². The highest BCUT2D eigenvalue weighted by Gasteiger charge is 2.30. The van der Waals surface area contributed by atoms with Crippen LogP contribution in [0.1, 0.15) is 11.1 Å². The molecule has 6 nitrogen and oxygen atoms in total. The summed E-state index contributed by atoms with van der Waals surface area (Å²) in [4.78, 5) is 0. The summed E-state index contributed by atoms with van der Waals surface area (Å²) in [6.07, 6.45) is 0. The van der Waals surface area contributed by atoms with Crippen molar-refractivity contribution in [1.82, 2.24) is 0 Å². The lowest BCUT2D eigenvalue weighted by Crippen LogP contribution is -2.24. The zero-order chi connectivity index (χ0) is 23.8. The standard InChI is InChI=1S/C27H26N3O3P/c1-21-13-12-14-22(2)26(21)29-27(28-23-15-6-3-7-16-23)30-34(31,32-24-17-8-4-9-18-24)33-25-19-10-5-11-20-25/h3-20H,1-2H3,(H2,28,29,30,31). The summed E-state index contributed by atoms with van der Waals surface area (Å²) in [5.74, 6) is 1.01. The SMILES string of the molecule is Cc1cccc(C)c1N/C(=N\P(=O)(Oc1ccccc1)Oc1ccccc1)Nc1ccccc1. The zero-order valence-corrected chi connectivity index (χ0v) is 19.9. The Labute approximate surface area is 199 Å². The Hall–Kier alpha value is -4.02. The van der Waals surface area contributed by atoms with Crippen molar-refractivity contribution in [3.8, 4) is 11.5 Å². The maximum absolute atomic E-state index is 14.0. The molecule has 0 aliphatic rings. The van der Waals surface area contributed by atoms with E-state index in [1.807, 2.05) is 74.5 Å². The highest BCUT2D eigenvalue weighted by atomic mass is 31.2. The van der Waals surface area contributed by atoms with Crippen LogP contribution in [0, 0.1) is 13.8 Å². The minimum absolute atomic E-state index is 0.235. The van der Waals surface area contributed by atoms with Gasteiger partial charge >= 0.3 is 7.75 Å². The molecule has 0 atom stereocenters. The lowest BCUT2D eigenvalue weighted by molar-refractivity contribution is 0.388. The molecule has 0 bridgehead atoms. The number of aryl methyl sites for hydroxylation is 2. The summed E-state index contributed by atoms with van der Waals surface area (Å²) >= 11 is 0. The maximum Gasteiger partial charge on any atom is 0.566 e. The van der Waals surface area contributed by atoms with Crippen molar-refractivity contribution in [1.29, 1.82) is 0 Å². The summed E-state index contributed by atoms with van der Waals surface area (Å²) in [5.41, 5.74) is 3.66. The van der Waals surface area contributed by atoms with E-state index in [2.05, 4.69) is 15.4 Å². The van der Waals surface area contributed by atoms with E-state index in [0.29, 0.717) is 11.5 Å². The van der Waals surface area contributed by atoms with E-state index in [4.69, 9.17) is 9.05 Å². The van der Waals surface area contributed by atoms with E-state index < -0.39 is 7.75 Å². The van der Waals surface area contributed by atoms with Gasteiger partial charge in [-0.1, -0.05) is 72.8 Å². The summed E-state index contributed by atoms with van der Waals surface area (Å²) < 4.78 is 30.2. The van der Waals surface area contributed by atoms with Crippen LogP contribution in [0.5, 0.6) is 11.5 Å². The molecule has 0 aliphatic carbocycles. The molecule has 4 aromatic carbocycles. The smallest absolute Gasteiger partial charge is 0.399 e. The first-order valence-electron chi connectivity index (χ1n) is 10.9. The van der Waals surface area contributed by atoms with Gasteiger partial charge in [0.2, 0.25) is 5.96 Å². The second kappa shape index (κ2) is 10.7. The maximum atomic E-state index is 14.0. The first-order chi connectivity index (χ1) is 16.5. The van der Waals surface area contributed by atoms with Gasteiger partial charge in [0.25, 0.3) is 0 Å². The van der Waals surface area contributed by atoms with Crippen LogP contribution in [0.15, 0.2) is 114 Å². The number of hydrogen-bond acceptors (Lipinski definition) is 3. The number of anilines is 2. The van der Waals surface area contributed by atoms with Crippen molar-refractivity contribution in [2.75, 3.05) is 10.6 Å². The third-order valence-electron chi connectivity index (χ3n) is 4.91. The summed E-state index contributed by atoms with van der Waals surface area (Å²) in [6, 6.07) is 33.2. The predicted molar refractivity (Wildman–Crippen MR) is 139 cm³/mol. The largest absolute Gasteiger partial charge is 0.566 e. The first-order valence-corrected chi connectivity index (χ1v) is 12.4. The van der Waals surface area contributed by atoms with E-state index in [0.717, 1.165) is 22.5 Å². The summed E-state index contributed by atoms with van der Waals surface area (Å²) in [5, 5.41) is 6.51. The molecule has 0 spiro atoms. The minimum atomic E-state index is -4.06. The molecule has 4 rings (SSSR count). The zero-order valence-electron chi connectivity index (χ0n) is 19.0. The number of nitrogens with zero attached hydrogens (tertiary/aromatic N) is 1. The Morgan fingerprint density at radius 3 is 1.62 bits per heavy atom. The van der Waals surface area contributed by atoms with Crippen LogP contribution in [0.25, 0.3) is 0 Å². The Morgan fingerprint density at radius 1 is 0.647 bits per heavy atom. The van der Waals surface area contributed by atoms with E-state index in [9.17, 15) is 4.57 Å². The molecule has 0 fully saturated rings. The molecule has 172 valence electrons. The van der Waals surface area contributed by atoms with Crippen molar-refractivity contribution >= 4 is 25.1 Å². The van der Waals surface area contributed by atoms with Crippen molar-refractivity contribution in [3.05, 3.63) is 120 Å². The number of hydrogen-bond donors (Lipinski definition) is 2. The molecular weight excluding hydrogens is 445 g/mol. The number of rotatable bonds is 7. The van der Waals surface area contributed by atoms with Crippen LogP contribution >= 0.6 is 7.75 Å². The fourth-order valence-corrected chi connectivity index (χ4v) is 4.52. The topological polar surface area (TPSA) is 72.0 Å². The lowest BCUT2D eigenvalue weighted by Gasteiger charge is -2.20.